The van der Waals surface area contributed by atoms with Crippen molar-refractivity contribution in [3.8, 4) is 0 Å². The van der Waals surface area contributed by atoms with E-state index in [-0.39, 0.29) is 24.2 Å². The number of likely N-dealkylation sites (tertiary alicyclic amines) is 1. The molecule has 1 heterocycles. The number of carbonyl (C=O) groups is 2. The maximum absolute atomic E-state index is 13.2. The fourth-order valence-electron chi connectivity index (χ4n) is 4.60. The number of amides is 1. The Labute approximate surface area is 217 Å². The molecule has 0 bridgehead atoms. The number of ether oxygens (including phenoxy) is 3. The summed E-state index contributed by atoms with van der Waals surface area (Å²) < 4.78 is 16.9. The molecule has 200 valence electrons. The summed E-state index contributed by atoms with van der Waals surface area (Å²) in [6.07, 6.45) is 12.5. The van der Waals surface area contributed by atoms with Crippen LogP contribution in [0.3, 0.4) is 0 Å². The molecule has 1 aromatic carbocycles. The number of rotatable bonds is 13. The molecular weight excluding hydrogens is 454 g/mol. The lowest BCUT2D eigenvalue weighted by Gasteiger charge is -2.40. The van der Waals surface area contributed by atoms with Crippen molar-refractivity contribution in [3.63, 3.8) is 0 Å². The number of allylic oxidation sites excluding steroid dienone is 2. The van der Waals surface area contributed by atoms with Gasteiger partial charge in [-0.15, -0.1) is 13.2 Å². The van der Waals surface area contributed by atoms with E-state index in [4.69, 9.17) is 14.2 Å². The molecule has 1 aromatic rings. The van der Waals surface area contributed by atoms with Crippen molar-refractivity contribution < 1.29 is 23.8 Å². The number of carbonyl (C=O) groups excluding carboxylic acids is 2. The molecule has 0 radical (unpaired) electrons. The third-order valence-electron chi connectivity index (χ3n) is 6.38. The Balaban J connectivity index is 2.16. The van der Waals surface area contributed by atoms with E-state index < -0.39 is 5.60 Å². The first-order valence-electron chi connectivity index (χ1n) is 13.2. The lowest BCUT2D eigenvalue weighted by Crippen LogP contribution is -2.45. The molecule has 0 aromatic heterocycles. The first kappa shape index (κ1) is 29.6. The number of hydrogen-bond acceptors (Lipinski definition) is 5. The summed E-state index contributed by atoms with van der Waals surface area (Å²) in [5.41, 5.74) is 1.84. The molecule has 6 heteroatoms. The molecule has 1 fully saturated rings. The maximum atomic E-state index is 13.2. The van der Waals surface area contributed by atoms with E-state index in [9.17, 15) is 9.59 Å². The average Bonchev–Trinajstić information content (AvgIpc) is 2.84. The Morgan fingerprint density at radius 3 is 2.47 bits per heavy atom. The molecule has 2 rings (SSSR count). The van der Waals surface area contributed by atoms with Gasteiger partial charge in [0.2, 0.25) is 0 Å². The molecule has 6 nitrogen and oxygen atoms in total. The van der Waals surface area contributed by atoms with Gasteiger partial charge in [-0.05, 0) is 82.6 Å². The molecular formula is C30H45NO5. The quantitative estimate of drug-likeness (QED) is 0.163. The van der Waals surface area contributed by atoms with E-state index in [0.29, 0.717) is 24.9 Å². The van der Waals surface area contributed by atoms with E-state index >= 15 is 0 Å². The largest absolute Gasteiger partial charge is 0.465 e. The van der Waals surface area contributed by atoms with Gasteiger partial charge in [-0.25, -0.2) is 9.59 Å². The van der Waals surface area contributed by atoms with Gasteiger partial charge < -0.3 is 19.1 Å². The van der Waals surface area contributed by atoms with Crippen LogP contribution in [-0.2, 0) is 20.6 Å². The lowest BCUT2D eigenvalue weighted by atomic mass is 9.88. The summed E-state index contributed by atoms with van der Waals surface area (Å²) in [6.45, 7) is 14.6. The standard InChI is InChI=1S/C30H45NO5/c1-7-9-10-11-12-13-14-20-35-25-18-19-31(29(33)36-30(3,4)5)27(22-25)26-17-16-24(28(32)34-6)21-23(26)15-8-2/h7-8,16-17,21,25,27H,1-2,9-15,18-20,22H2,3-6H3/t25-,27-/m0/s1. The average molecular weight is 500 g/mol. The Morgan fingerprint density at radius 1 is 1.08 bits per heavy atom. The molecule has 0 spiro atoms. The van der Waals surface area contributed by atoms with E-state index in [1.165, 1.54) is 26.4 Å². The second kappa shape index (κ2) is 14.8. The Morgan fingerprint density at radius 2 is 1.81 bits per heavy atom. The number of methoxy groups -OCH3 is 1. The molecule has 0 aliphatic carbocycles. The van der Waals surface area contributed by atoms with Crippen molar-refractivity contribution in [1.82, 2.24) is 4.90 Å². The van der Waals surface area contributed by atoms with E-state index in [1.54, 1.807) is 6.07 Å². The van der Waals surface area contributed by atoms with Crippen LogP contribution < -0.4 is 0 Å². The first-order chi connectivity index (χ1) is 17.2. The summed E-state index contributed by atoms with van der Waals surface area (Å²) in [6, 6.07) is 5.32. The predicted octanol–water partition coefficient (Wildman–Crippen LogP) is 7.19. The van der Waals surface area contributed by atoms with Crippen molar-refractivity contribution in [1.29, 1.82) is 0 Å². The minimum atomic E-state index is -0.584. The number of unbranched alkanes of at least 4 members (excludes halogenated alkanes) is 5. The molecule has 0 N–H and O–H groups in total. The van der Waals surface area contributed by atoms with Crippen molar-refractivity contribution in [3.05, 3.63) is 60.2 Å². The smallest absolute Gasteiger partial charge is 0.410 e. The Bertz CT molecular complexity index is 873. The third-order valence-corrected chi connectivity index (χ3v) is 6.38. The number of hydrogen-bond donors (Lipinski definition) is 0. The highest BCUT2D eigenvalue weighted by molar-refractivity contribution is 5.89. The summed E-state index contributed by atoms with van der Waals surface area (Å²) in [5, 5.41) is 0. The van der Waals surface area contributed by atoms with Crippen LogP contribution in [0.5, 0.6) is 0 Å². The van der Waals surface area contributed by atoms with Crippen LogP contribution in [0.25, 0.3) is 0 Å². The van der Waals surface area contributed by atoms with Gasteiger partial charge in [0.1, 0.15) is 5.60 Å². The van der Waals surface area contributed by atoms with Crippen molar-refractivity contribution in [2.24, 2.45) is 0 Å². The highest BCUT2D eigenvalue weighted by Crippen LogP contribution is 2.36. The van der Waals surface area contributed by atoms with Gasteiger partial charge in [0.15, 0.2) is 0 Å². The fraction of sp³-hybridized carbons (Fsp3) is 0.600. The molecule has 0 saturated carbocycles. The van der Waals surface area contributed by atoms with Crippen LogP contribution in [0.1, 0.15) is 99.7 Å². The van der Waals surface area contributed by atoms with Crippen molar-refractivity contribution >= 4 is 12.1 Å². The second-order valence-electron chi connectivity index (χ2n) is 10.4. The van der Waals surface area contributed by atoms with Crippen LogP contribution in [-0.4, -0.2) is 48.9 Å². The molecule has 1 amide bonds. The van der Waals surface area contributed by atoms with Crippen molar-refractivity contribution in [2.75, 3.05) is 20.3 Å². The molecule has 1 aliphatic rings. The SMILES string of the molecule is C=CCCCCCCCO[C@H]1CCN(C(=O)OC(C)(C)C)[C@H](c2ccc(C(=O)OC)cc2CC=C)C1. The molecule has 0 unspecified atom stereocenters. The monoisotopic (exact) mass is 499 g/mol. The summed E-state index contributed by atoms with van der Waals surface area (Å²) in [5.74, 6) is -0.384. The topological polar surface area (TPSA) is 65.1 Å². The van der Waals surface area contributed by atoms with Gasteiger partial charge in [-0.3, -0.25) is 0 Å². The molecule has 2 atom stereocenters. The predicted molar refractivity (Wildman–Crippen MR) is 144 cm³/mol. The van der Waals surface area contributed by atoms with E-state index in [2.05, 4.69) is 13.2 Å². The number of piperidine rings is 1. The minimum absolute atomic E-state index is 0.0614. The Hall–Kier alpha value is -2.60. The van der Waals surface area contributed by atoms with E-state index in [0.717, 1.165) is 43.4 Å². The normalized spacial score (nSPS) is 17.9. The van der Waals surface area contributed by atoms with Gasteiger partial charge in [-0.2, -0.15) is 0 Å². The first-order valence-corrected chi connectivity index (χ1v) is 13.2. The zero-order chi connectivity index (χ0) is 26.6. The van der Waals surface area contributed by atoms with Gasteiger partial charge in [0, 0.05) is 13.2 Å². The molecule has 1 saturated heterocycles. The van der Waals surface area contributed by atoms with Crippen molar-refractivity contribution in [2.45, 2.75) is 96.3 Å². The van der Waals surface area contributed by atoms with Gasteiger partial charge in [0.25, 0.3) is 0 Å². The van der Waals surface area contributed by atoms with Crippen LogP contribution in [0.15, 0.2) is 43.5 Å². The van der Waals surface area contributed by atoms with Crippen LogP contribution >= 0.6 is 0 Å². The van der Waals surface area contributed by atoms with Crippen LogP contribution in [0.2, 0.25) is 0 Å². The summed E-state index contributed by atoms with van der Waals surface area (Å²) in [4.78, 5) is 27.1. The molecule has 1 aliphatic heterocycles. The molecule has 36 heavy (non-hydrogen) atoms. The van der Waals surface area contributed by atoms with Gasteiger partial charge in [-0.1, -0.05) is 37.5 Å². The second-order valence-corrected chi connectivity index (χ2v) is 10.4. The summed E-state index contributed by atoms with van der Waals surface area (Å²) in [7, 11) is 1.37. The zero-order valence-corrected chi connectivity index (χ0v) is 22.7. The highest BCUT2D eigenvalue weighted by atomic mass is 16.6. The third kappa shape index (κ3) is 9.45. The summed E-state index contributed by atoms with van der Waals surface area (Å²) >= 11 is 0. The fourth-order valence-corrected chi connectivity index (χ4v) is 4.60. The lowest BCUT2D eigenvalue weighted by molar-refractivity contribution is -0.0324. The van der Waals surface area contributed by atoms with Crippen LogP contribution in [0.4, 0.5) is 4.79 Å². The number of benzene rings is 1. The number of esters is 1. The zero-order valence-electron chi connectivity index (χ0n) is 22.7. The van der Waals surface area contributed by atoms with Crippen LogP contribution in [0, 0.1) is 0 Å². The van der Waals surface area contributed by atoms with Gasteiger partial charge in [0.05, 0.1) is 24.8 Å². The highest BCUT2D eigenvalue weighted by Gasteiger charge is 2.36. The Kier molecular flexibility index (Phi) is 12.2. The van der Waals surface area contributed by atoms with Gasteiger partial charge >= 0.3 is 12.1 Å². The maximum Gasteiger partial charge on any atom is 0.410 e. The van der Waals surface area contributed by atoms with E-state index in [1.807, 2.05) is 50.0 Å². The number of nitrogens with zero attached hydrogens (tertiary/aromatic N) is 1. The minimum Gasteiger partial charge on any atom is -0.465 e.